The molecular formula is C15H11ClF2N4O. The highest BCUT2D eigenvalue weighted by atomic mass is 35.5. The second kappa shape index (κ2) is 5.27. The van der Waals surface area contributed by atoms with E-state index >= 15 is 0 Å². The van der Waals surface area contributed by atoms with Gasteiger partial charge in [-0.3, -0.25) is 0 Å². The van der Waals surface area contributed by atoms with Crippen molar-refractivity contribution in [2.24, 2.45) is 0 Å². The van der Waals surface area contributed by atoms with E-state index < -0.39 is 11.6 Å². The third-order valence-electron chi connectivity index (χ3n) is 3.38. The van der Waals surface area contributed by atoms with Gasteiger partial charge in [0.25, 0.3) is 5.92 Å². The predicted octanol–water partition coefficient (Wildman–Crippen LogP) is 3.13. The van der Waals surface area contributed by atoms with Gasteiger partial charge in [-0.05, 0) is 24.3 Å². The highest BCUT2D eigenvalue weighted by Crippen LogP contribution is 2.31. The quantitative estimate of drug-likeness (QED) is 0.780. The normalized spacial score (nSPS) is 11.8. The van der Waals surface area contributed by atoms with Gasteiger partial charge in [-0.15, -0.1) is 0 Å². The van der Waals surface area contributed by atoms with Crippen molar-refractivity contribution in [2.75, 3.05) is 5.73 Å². The second-order valence-electron chi connectivity index (χ2n) is 5.04. The molecule has 23 heavy (non-hydrogen) atoms. The van der Waals surface area contributed by atoms with Crippen LogP contribution in [0.25, 0.3) is 16.7 Å². The smallest absolute Gasteiger partial charge is 0.355 e. The van der Waals surface area contributed by atoms with Gasteiger partial charge in [0, 0.05) is 24.1 Å². The summed E-state index contributed by atoms with van der Waals surface area (Å²) in [4.78, 5) is 20.0. The molecule has 2 N–H and O–H groups in total. The van der Waals surface area contributed by atoms with Gasteiger partial charge in [0.15, 0.2) is 5.82 Å². The number of fused-ring (bicyclic) bond motifs is 1. The third-order valence-corrected chi connectivity index (χ3v) is 3.67. The molecule has 1 aromatic carbocycles. The molecule has 0 amide bonds. The van der Waals surface area contributed by atoms with Gasteiger partial charge in [-0.2, -0.15) is 4.98 Å². The zero-order valence-electron chi connectivity index (χ0n) is 11.9. The number of rotatable bonds is 2. The lowest BCUT2D eigenvalue weighted by Gasteiger charge is -2.15. The number of benzene rings is 1. The Bertz CT molecular complexity index is 966. The maximum Gasteiger partial charge on any atom is 0.355 e. The molecule has 0 bridgehead atoms. The van der Waals surface area contributed by atoms with Gasteiger partial charge >= 0.3 is 5.69 Å². The maximum absolute atomic E-state index is 13.6. The van der Waals surface area contributed by atoms with Crippen LogP contribution in [0.3, 0.4) is 0 Å². The number of nitrogen functional groups attached to an aromatic ring is 1. The summed E-state index contributed by atoms with van der Waals surface area (Å²) in [5, 5.41) is 0.551. The van der Waals surface area contributed by atoms with Crippen molar-refractivity contribution in [3.05, 3.63) is 57.6 Å². The summed E-state index contributed by atoms with van der Waals surface area (Å²) in [5.74, 6) is -3.01. The Kier molecular flexibility index (Phi) is 3.52. The lowest BCUT2D eigenvalue weighted by atomic mass is 10.1. The van der Waals surface area contributed by atoms with Gasteiger partial charge in [0.1, 0.15) is 5.82 Å². The van der Waals surface area contributed by atoms with Crippen molar-refractivity contribution in [2.45, 2.75) is 12.8 Å². The van der Waals surface area contributed by atoms with Crippen molar-refractivity contribution >= 4 is 28.3 Å². The lowest BCUT2D eigenvalue weighted by molar-refractivity contribution is 0.0176. The van der Waals surface area contributed by atoms with E-state index in [0.29, 0.717) is 5.39 Å². The van der Waals surface area contributed by atoms with Crippen LogP contribution in [0.2, 0.25) is 5.02 Å². The summed E-state index contributed by atoms with van der Waals surface area (Å²) in [7, 11) is 0. The molecule has 0 unspecified atom stereocenters. The largest absolute Gasteiger partial charge is 0.383 e. The highest BCUT2D eigenvalue weighted by Gasteiger charge is 2.25. The first-order chi connectivity index (χ1) is 10.8. The van der Waals surface area contributed by atoms with Gasteiger partial charge in [-0.1, -0.05) is 17.7 Å². The van der Waals surface area contributed by atoms with Crippen molar-refractivity contribution in [1.29, 1.82) is 0 Å². The van der Waals surface area contributed by atoms with Gasteiger partial charge in [0.05, 0.1) is 10.5 Å². The Morgan fingerprint density at radius 1 is 1.30 bits per heavy atom. The van der Waals surface area contributed by atoms with Crippen molar-refractivity contribution < 1.29 is 8.78 Å². The molecule has 2 aromatic heterocycles. The second-order valence-corrected chi connectivity index (χ2v) is 5.45. The molecule has 3 rings (SSSR count). The number of nitrogens with zero attached hydrogens (tertiary/aromatic N) is 3. The topological polar surface area (TPSA) is 73.8 Å². The Hall–Kier alpha value is -2.54. The minimum Gasteiger partial charge on any atom is -0.383 e. The molecule has 2 heterocycles. The number of nitrogens with two attached hydrogens (primary N) is 1. The summed E-state index contributed by atoms with van der Waals surface area (Å²) >= 11 is 6.07. The van der Waals surface area contributed by atoms with E-state index in [9.17, 15) is 13.6 Å². The van der Waals surface area contributed by atoms with Crippen molar-refractivity contribution in [3.63, 3.8) is 0 Å². The highest BCUT2D eigenvalue weighted by molar-refractivity contribution is 6.32. The van der Waals surface area contributed by atoms with Crippen LogP contribution in [0, 0.1) is 0 Å². The number of halogens is 3. The summed E-state index contributed by atoms with van der Waals surface area (Å²) in [5.41, 5.74) is 4.91. The van der Waals surface area contributed by atoms with Crippen molar-refractivity contribution in [1.82, 2.24) is 14.5 Å². The molecule has 3 aromatic rings. The summed E-state index contributed by atoms with van der Waals surface area (Å²) in [6.07, 6.45) is 1.44. The molecule has 0 aliphatic rings. The van der Waals surface area contributed by atoms with Crippen LogP contribution in [-0.2, 0) is 5.92 Å². The van der Waals surface area contributed by atoms with E-state index in [1.165, 1.54) is 30.5 Å². The first kappa shape index (κ1) is 15.4. The van der Waals surface area contributed by atoms with Crippen LogP contribution in [0.15, 0.2) is 41.3 Å². The first-order valence-corrected chi connectivity index (χ1v) is 6.98. The molecule has 0 fully saturated rings. The molecular weight excluding hydrogens is 326 g/mol. The van der Waals surface area contributed by atoms with Crippen molar-refractivity contribution in [3.8, 4) is 5.82 Å². The maximum atomic E-state index is 13.6. The van der Waals surface area contributed by atoms with E-state index in [2.05, 4.69) is 9.97 Å². The van der Waals surface area contributed by atoms with Crippen LogP contribution < -0.4 is 11.4 Å². The van der Waals surface area contributed by atoms with E-state index in [1.807, 2.05) is 0 Å². The molecule has 0 saturated carbocycles. The van der Waals surface area contributed by atoms with Crippen LogP contribution in [-0.4, -0.2) is 14.5 Å². The Balaban J connectivity index is 2.46. The number of alkyl halides is 2. The summed E-state index contributed by atoms with van der Waals surface area (Å²) < 4.78 is 28.3. The fourth-order valence-electron chi connectivity index (χ4n) is 2.27. The molecule has 0 atom stereocenters. The van der Waals surface area contributed by atoms with Gasteiger partial charge in [-0.25, -0.2) is 23.1 Å². The van der Waals surface area contributed by atoms with E-state index in [-0.39, 0.29) is 27.7 Å². The lowest BCUT2D eigenvalue weighted by Crippen LogP contribution is -2.24. The zero-order valence-corrected chi connectivity index (χ0v) is 12.7. The average Bonchev–Trinajstić information content (AvgIpc) is 2.47. The minimum atomic E-state index is -3.07. The van der Waals surface area contributed by atoms with Crippen LogP contribution >= 0.6 is 11.6 Å². The van der Waals surface area contributed by atoms with E-state index in [1.54, 1.807) is 6.07 Å². The molecule has 8 heteroatoms. The fraction of sp³-hybridized carbons (Fsp3) is 0.133. The van der Waals surface area contributed by atoms with E-state index in [0.717, 1.165) is 11.5 Å². The number of hydrogen-bond acceptors (Lipinski definition) is 4. The third kappa shape index (κ3) is 2.63. The summed E-state index contributed by atoms with van der Waals surface area (Å²) in [6.45, 7) is 0.773. The Labute approximate surface area is 134 Å². The number of hydrogen-bond donors (Lipinski definition) is 1. The van der Waals surface area contributed by atoms with Gasteiger partial charge in [0.2, 0.25) is 0 Å². The monoisotopic (exact) mass is 336 g/mol. The molecule has 118 valence electrons. The van der Waals surface area contributed by atoms with Crippen LogP contribution in [0.4, 0.5) is 14.6 Å². The molecule has 0 aliphatic heterocycles. The predicted molar refractivity (Wildman–Crippen MR) is 84.1 cm³/mol. The SMILES string of the molecule is CC(F)(F)c1ccc2c(N)nc(=O)n(-c3ncccc3Cl)c2c1. The van der Waals surface area contributed by atoms with Gasteiger partial charge < -0.3 is 5.73 Å². The summed E-state index contributed by atoms with van der Waals surface area (Å²) in [6, 6.07) is 6.97. The molecule has 5 nitrogen and oxygen atoms in total. The zero-order chi connectivity index (χ0) is 16.8. The van der Waals surface area contributed by atoms with Crippen LogP contribution in [0.5, 0.6) is 0 Å². The molecule has 0 radical (unpaired) electrons. The number of aromatic nitrogens is 3. The Morgan fingerprint density at radius 2 is 2.04 bits per heavy atom. The standard InChI is InChI=1S/C15H11ClF2N4O/c1-15(17,18)8-4-5-9-11(7-8)22(14(23)21-12(9)19)13-10(16)3-2-6-20-13/h2-7H,1H3,(H2,19,21,23). The molecule has 0 aliphatic carbocycles. The Morgan fingerprint density at radius 3 is 2.70 bits per heavy atom. The van der Waals surface area contributed by atoms with Crippen LogP contribution in [0.1, 0.15) is 12.5 Å². The number of pyridine rings is 1. The first-order valence-electron chi connectivity index (χ1n) is 6.60. The molecule has 0 spiro atoms. The fourth-order valence-corrected chi connectivity index (χ4v) is 2.48. The average molecular weight is 337 g/mol. The number of anilines is 1. The van der Waals surface area contributed by atoms with E-state index in [4.69, 9.17) is 17.3 Å². The minimum absolute atomic E-state index is 0.0423. The molecule has 0 saturated heterocycles.